The summed E-state index contributed by atoms with van der Waals surface area (Å²) in [6.07, 6.45) is 5.46. The molecule has 86 valence electrons. The van der Waals surface area contributed by atoms with Gasteiger partial charge in [-0.3, -0.25) is 4.79 Å². The molecule has 0 spiro atoms. The number of carbonyl (C=O) groups excluding carboxylic acids is 1. The summed E-state index contributed by atoms with van der Waals surface area (Å²) < 4.78 is 0. The average Bonchev–Trinajstić information content (AvgIpc) is 2.23. The molecule has 0 aromatic rings. The van der Waals surface area contributed by atoms with Gasteiger partial charge in [-0.25, -0.2) is 0 Å². The summed E-state index contributed by atoms with van der Waals surface area (Å²) in [5.74, 6) is 6.45. The molecule has 0 rings (SSSR count). The molecule has 15 heavy (non-hydrogen) atoms. The molecule has 0 aromatic carbocycles. The molecule has 0 fully saturated rings. The van der Waals surface area contributed by atoms with Crippen molar-refractivity contribution in [3.63, 3.8) is 0 Å². The Bertz CT molecular complexity index is 218. The molecule has 2 heteroatoms. The number of hydrogen-bond donors (Lipinski definition) is 1. The van der Waals surface area contributed by atoms with Gasteiger partial charge in [0, 0.05) is 6.42 Å². The highest BCUT2D eigenvalue weighted by atomic mass is 16.1. The number of Topliss-reactive ketones (excluding diaryl/α,β-unsaturated/α-hetero) is 1. The zero-order chi connectivity index (χ0) is 11.5. The van der Waals surface area contributed by atoms with E-state index in [1.54, 1.807) is 6.92 Å². The van der Waals surface area contributed by atoms with E-state index in [1.807, 2.05) is 0 Å². The van der Waals surface area contributed by atoms with E-state index in [1.165, 1.54) is 12.8 Å². The second-order valence-corrected chi connectivity index (χ2v) is 3.91. The summed E-state index contributed by atoms with van der Waals surface area (Å²) in [6.45, 7) is 4.67. The average molecular weight is 209 g/mol. The Morgan fingerprint density at radius 3 is 2.60 bits per heavy atom. The molecular formula is C13H23NO. The minimum Gasteiger partial charge on any atom is -0.330 e. The molecule has 0 bridgehead atoms. The summed E-state index contributed by atoms with van der Waals surface area (Å²) in [5, 5.41) is 0. The van der Waals surface area contributed by atoms with E-state index in [0.717, 1.165) is 19.4 Å². The van der Waals surface area contributed by atoms with Gasteiger partial charge >= 0.3 is 0 Å². The molecule has 1 unspecified atom stereocenters. The van der Waals surface area contributed by atoms with Crippen molar-refractivity contribution in [1.82, 2.24) is 0 Å². The van der Waals surface area contributed by atoms with Crippen molar-refractivity contribution in [3.05, 3.63) is 0 Å². The van der Waals surface area contributed by atoms with Crippen LogP contribution in [0.2, 0.25) is 0 Å². The number of hydrogen-bond acceptors (Lipinski definition) is 2. The minimum atomic E-state index is 0.266. The number of rotatable bonds is 8. The second kappa shape index (κ2) is 9.73. The quantitative estimate of drug-likeness (QED) is 0.624. The topological polar surface area (TPSA) is 43.1 Å². The number of nitrogens with two attached hydrogens (primary N) is 1. The molecule has 2 N–H and O–H groups in total. The Hall–Kier alpha value is -0.810. The van der Waals surface area contributed by atoms with Crippen LogP contribution in [0, 0.1) is 17.8 Å². The third-order valence-electron chi connectivity index (χ3n) is 2.57. The smallest absolute Gasteiger partial charge is 0.144 e. The van der Waals surface area contributed by atoms with Gasteiger partial charge in [0.2, 0.25) is 0 Å². The van der Waals surface area contributed by atoms with Crippen LogP contribution in [0.3, 0.4) is 0 Å². The lowest BCUT2D eigenvalue weighted by molar-refractivity contribution is -0.118. The fraction of sp³-hybridized carbons (Fsp3) is 0.769. The van der Waals surface area contributed by atoms with Crippen molar-refractivity contribution in [2.24, 2.45) is 11.7 Å². The first-order valence-corrected chi connectivity index (χ1v) is 5.85. The van der Waals surface area contributed by atoms with Crippen molar-refractivity contribution in [2.75, 3.05) is 6.54 Å². The van der Waals surface area contributed by atoms with Gasteiger partial charge in [-0.15, -0.1) is 5.92 Å². The van der Waals surface area contributed by atoms with E-state index in [-0.39, 0.29) is 5.78 Å². The zero-order valence-electron chi connectivity index (χ0n) is 10.0. The van der Waals surface area contributed by atoms with E-state index in [2.05, 4.69) is 18.8 Å². The molecule has 0 saturated carbocycles. The zero-order valence-corrected chi connectivity index (χ0v) is 10.0. The van der Waals surface area contributed by atoms with Crippen molar-refractivity contribution < 1.29 is 4.79 Å². The summed E-state index contributed by atoms with van der Waals surface area (Å²) >= 11 is 0. The molecule has 0 aliphatic heterocycles. The van der Waals surface area contributed by atoms with Crippen LogP contribution in [0.25, 0.3) is 0 Å². The van der Waals surface area contributed by atoms with Gasteiger partial charge in [0.1, 0.15) is 5.78 Å². The van der Waals surface area contributed by atoms with Crippen LogP contribution >= 0.6 is 0 Å². The number of carbonyl (C=O) groups is 1. The van der Waals surface area contributed by atoms with E-state index in [9.17, 15) is 4.79 Å². The lowest BCUT2D eigenvalue weighted by atomic mass is 9.93. The van der Waals surface area contributed by atoms with Crippen LogP contribution in [0.4, 0.5) is 0 Å². The Balaban J connectivity index is 3.75. The molecule has 0 aromatic heterocycles. The first kappa shape index (κ1) is 14.2. The first-order valence-electron chi connectivity index (χ1n) is 5.85. The van der Waals surface area contributed by atoms with E-state index >= 15 is 0 Å². The maximum absolute atomic E-state index is 11.4. The predicted octanol–water partition coefficient (Wildman–Crippen LogP) is 2.51. The van der Waals surface area contributed by atoms with Crippen LogP contribution in [-0.2, 0) is 4.79 Å². The Morgan fingerprint density at radius 1 is 1.33 bits per heavy atom. The highest BCUT2D eigenvalue weighted by Crippen LogP contribution is 2.17. The third kappa shape index (κ3) is 8.20. The van der Waals surface area contributed by atoms with Crippen molar-refractivity contribution in [3.8, 4) is 11.8 Å². The molecule has 0 amide bonds. The Labute approximate surface area is 93.6 Å². The summed E-state index contributed by atoms with van der Waals surface area (Å²) in [6, 6.07) is 0. The Kier molecular flexibility index (Phi) is 9.21. The summed E-state index contributed by atoms with van der Waals surface area (Å²) in [5.41, 5.74) is 5.54. The van der Waals surface area contributed by atoms with Crippen molar-refractivity contribution in [2.45, 2.75) is 52.4 Å². The van der Waals surface area contributed by atoms with Crippen LogP contribution < -0.4 is 5.73 Å². The number of ketones is 1. The van der Waals surface area contributed by atoms with E-state index in [4.69, 9.17) is 5.73 Å². The van der Waals surface area contributed by atoms with E-state index < -0.39 is 0 Å². The standard InChI is InChI=1S/C13H23NO/c1-3-5-7-13(15)9-8-12(6-4-2)10-11-14/h12H,4,6-11,14H2,1-2H3. The Morgan fingerprint density at radius 2 is 2.07 bits per heavy atom. The lowest BCUT2D eigenvalue weighted by Gasteiger charge is -2.13. The molecule has 0 radical (unpaired) electrons. The first-order chi connectivity index (χ1) is 7.24. The van der Waals surface area contributed by atoms with Gasteiger partial charge < -0.3 is 5.73 Å². The van der Waals surface area contributed by atoms with Crippen molar-refractivity contribution >= 4 is 5.78 Å². The van der Waals surface area contributed by atoms with Gasteiger partial charge in [0.25, 0.3) is 0 Å². The van der Waals surface area contributed by atoms with Gasteiger partial charge in [-0.2, -0.15) is 0 Å². The van der Waals surface area contributed by atoms with Gasteiger partial charge in [-0.1, -0.05) is 25.7 Å². The monoisotopic (exact) mass is 209 g/mol. The van der Waals surface area contributed by atoms with Gasteiger partial charge in [0.15, 0.2) is 0 Å². The maximum Gasteiger partial charge on any atom is 0.144 e. The molecule has 0 aliphatic carbocycles. The largest absolute Gasteiger partial charge is 0.330 e. The van der Waals surface area contributed by atoms with Crippen LogP contribution in [0.15, 0.2) is 0 Å². The maximum atomic E-state index is 11.4. The normalized spacial score (nSPS) is 11.7. The molecule has 2 nitrogen and oxygen atoms in total. The second-order valence-electron chi connectivity index (χ2n) is 3.91. The minimum absolute atomic E-state index is 0.266. The molecule has 1 atom stereocenters. The van der Waals surface area contributed by atoms with Crippen LogP contribution in [-0.4, -0.2) is 12.3 Å². The van der Waals surface area contributed by atoms with Gasteiger partial charge in [0.05, 0.1) is 6.42 Å². The SMILES string of the molecule is CC#CCC(=O)CCC(CCC)CCN. The van der Waals surface area contributed by atoms with Crippen LogP contribution in [0.5, 0.6) is 0 Å². The van der Waals surface area contributed by atoms with Crippen LogP contribution in [0.1, 0.15) is 52.4 Å². The summed E-state index contributed by atoms with van der Waals surface area (Å²) in [7, 11) is 0. The fourth-order valence-electron chi connectivity index (χ4n) is 1.72. The predicted molar refractivity (Wildman–Crippen MR) is 64.4 cm³/mol. The highest BCUT2D eigenvalue weighted by molar-refractivity contribution is 5.80. The van der Waals surface area contributed by atoms with E-state index in [0.29, 0.717) is 18.8 Å². The van der Waals surface area contributed by atoms with Gasteiger partial charge in [-0.05, 0) is 32.2 Å². The lowest BCUT2D eigenvalue weighted by Crippen LogP contribution is -2.10. The summed E-state index contributed by atoms with van der Waals surface area (Å²) in [4.78, 5) is 11.4. The highest BCUT2D eigenvalue weighted by Gasteiger charge is 2.09. The molecule has 0 heterocycles. The molecular weight excluding hydrogens is 186 g/mol. The third-order valence-corrected chi connectivity index (χ3v) is 2.57. The molecule has 0 aliphatic rings. The molecule has 0 saturated heterocycles. The fourth-order valence-corrected chi connectivity index (χ4v) is 1.72. The van der Waals surface area contributed by atoms with Crippen molar-refractivity contribution in [1.29, 1.82) is 0 Å².